The monoisotopic (exact) mass is 317 g/mol. The van der Waals surface area contributed by atoms with Crippen molar-refractivity contribution in [1.82, 2.24) is 5.32 Å². The van der Waals surface area contributed by atoms with E-state index in [0.717, 1.165) is 5.56 Å². The lowest BCUT2D eigenvalue weighted by Crippen LogP contribution is -2.44. The number of halogens is 1. The molecular formula is C17H16ClNO3. The molecule has 1 heterocycles. The van der Waals surface area contributed by atoms with Gasteiger partial charge in [0.1, 0.15) is 6.61 Å². The number of hydrogen-bond acceptors (Lipinski definition) is 3. The van der Waals surface area contributed by atoms with Gasteiger partial charge in [-0.25, -0.2) is 0 Å². The third-order valence-corrected chi connectivity index (χ3v) is 3.88. The number of benzene rings is 2. The average molecular weight is 318 g/mol. The van der Waals surface area contributed by atoms with Crippen molar-refractivity contribution in [3.63, 3.8) is 0 Å². The summed E-state index contributed by atoms with van der Waals surface area (Å²) in [6.07, 6.45) is -0.667. The Kier molecular flexibility index (Phi) is 4.20. The van der Waals surface area contributed by atoms with E-state index in [1.54, 1.807) is 12.1 Å². The Morgan fingerprint density at radius 1 is 1.18 bits per heavy atom. The molecule has 1 amide bonds. The number of carbonyl (C=O) groups excluding carboxylic acids is 1. The van der Waals surface area contributed by atoms with Gasteiger partial charge in [-0.05, 0) is 30.7 Å². The molecule has 1 aliphatic heterocycles. The molecule has 0 spiro atoms. The summed E-state index contributed by atoms with van der Waals surface area (Å²) in [5.41, 5.74) is 0.870. The van der Waals surface area contributed by atoms with E-state index in [9.17, 15) is 4.79 Å². The predicted octanol–water partition coefficient (Wildman–Crippen LogP) is 3.36. The standard InChI is InChI=1S/C17H16ClNO3/c1-11(12-6-2-3-7-13(12)18)19-17(20)16-10-21-14-8-4-5-9-15(14)22-16/h2-9,11,16H,10H2,1H3,(H,19,20)/t11-,16-/m1/s1. The first kappa shape index (κ1) is 14.7. The molecule has 3 rings (SSSR count). The normalized spacial score (nSPS) is 17.6. The highest BCUT2D eigenvalue weighted by Gasteiger charge is 2.28. The van der Waals surface area contributed by atoms with Crippen LogP contribution in [0.3, 0.4) is 0 Å². The highest BCUT2D eigenvalue weighted by molar-refractivity contribution is 6.31. The fraction of sp³-hybridized carbons (Fsp3) is 0.235. The number of carbonyl (C=O) groups is 1. The smallest absolute Gasteiger partial charge is 0.265 e. The van der Waals surface area contributed by atoms with E-state index < -0.39 is 6.10 Å². The summed E-state index contributed by atoms with van der Waals surface area (Å²) in [7, 11) is 0. The molecule has 1 N–H and O–H groups in total. The van der Waals surface area contributed by atoms with Crippen LogP contribution in [0.4, 0.5) is 0 Å². The fourth-order valence-corrected chi connectivity index (χ4v) is 2.66. The van der Waals surface area contributed by atoms with Crippen LogP contribution in [-0.2, 0) is 4.79 Å². The number of rotatable bonds is 3. The second-order valence-corrected chi connectivity index (χ2v) is 5.52. The Balaban J connectivity index is 1.67. The first-order valence-corrected chi connectivity index (χ1v) is 7.46. The van der Waals surface area contributed by atoms with Crippen LogP contribution in [-0.4, -0.2) is 18.6 Å². The van der Waals surface area contributed by atoms with Gasteiger partial charge in [0.2, 0.25) is 6.10 Å². The molecule has 0 saturated carbocycles. The molecule has 2 aromatic rings. The maximum atomic E-state index is 12.3. The van der Waals surface area contributed by atoms with Crippen LogP contribution >= 0.6 is 11.6 Å². The molecule has 0 aliphatic carbocycles. The summed E-state index contributed by atoms with van der Waals surface area (Å²) >= 11 is 6.15. The largest absolute Gasteiger partial charge is 0.485 e. The lowest BCUT2D eigenvalue weighted by atomic mass is 10.1. The second kappa shape index (κ2) is 6.28. The first-order valence-electron chi connectivity index (χ1n) is 7.08. The quantitative estimate of drug-likeness (QED) is 0.944. The maximum absolute atomic E-state index is 12.3. The van der Waals surface area contributed by atoms with Crippen molar-refractivity contribution >= 4 is 17.5 Å². The summed E-state index contributed by atoms with van der Waals surface area (Å²) in [5, 5.41) is 3.54. The van der Waals surface area contributed by atoms with Gasteiger partial charge in [-0.1, -0.05) is 41.9 Å². The zero-order valence-electron chi connectivity index (χ0n) is 12.1. The summed E-state index contributed by atoms with van der Waals surface area (Å²) in [6, 6.07) is 14.5. The number of hydrogen-bond donors (Lipinski definition) is 1. The van der Waals surface area contributed by atoms with Crippen molar-refractivity contribution in [2.75, 3.05) is 6.61 Å². The van der Waals surface area contributed by atoms with Crippen molar-refractivity contribution in [3.8, 4) is 11.5 Å². The van der Waals surface area contributed by atoms with Crippen LogP contribution < -0.4 is 14.8 Å². The lowest BCUT2D eigenvalue weighted by Gasteiger charge is -2.27. The zero-order valence-corrected chi connectivity index (χ0v) is 12.8. The molecule has 0 bridgehead atoms. The Morgan fingerprint density at radius 3 is 2.64 bits per heavy atom. The van der Waals surface area contributed by atoms with Crippen molar-refractivity contribution in [2.24, 2.45) is 0 Å². The Hall–Kier alpha value is -2.20. The van der Waals surface area contributed by atoms with Gasteiger partial charge in [0.25, 0.3) is 5.91 Å². The molecule has 4 nitrogen and oxygen atoms in total. The average Bonchev–Trinajstić information content (AvgIpc) is 2.54. The predicted molar refractivity (Wildman–Crippen MR) is 84.4 cm³/mol. The van der Waals surface area contributed by atoms with Gasteiger partial charge < -0.3 is 14.8 Å². The number of amides is 1. The highest BCUT2D eigenvalue weighted by Crippen LogP contribution is 2.31. The molecular weight excluding hydrogens is 302 g/mol. The minimum Gasteiger partial charge on any atom is -0.485 e. The number of para-hydroxylation sites is 2. The van der Waals surface area contributed by atoms with E-state index in [1.807, 2.05) is 43.3 Å². The van der Waals surface area contributed by atoms with E-state index >= 15 is 0 Å². The van der Waals surface area contributed by atoms with Gasteiger partial charge in [0, 0.05) is 5.02 Å². The maximum Gasteiger partial charge on any atom is 0.265 e. The summed E-state index contributed by atoms with van der Waals surface area (Å²) in [5.74, 6) is 1.02. The molecule has 114 valence electrons. The van der Waals surface area contributed by atoms with E-state index in [1.165, 1.54) is 0 Å². The zero-order chi connectivity index (χ0) is 15.5. The first-order chi connectivity index (χ1) is 10.6. The summed E-state index contributed by atoms with van der Waals surface area (Å²) < 4.78 is 11.2. The molecule has 2 atom stereocenters. The highest BCUT2D eigenvalue weighted by atomic mass is 35.5. The van der Waals surface area contributed by atoms with E-state index in [-0.39, 0.29) is 18.6 Å². The van der Waals surface area contributed by atoms with Gasteiger partial charge in [0.05, 0.1) is 6.04 Å². The number of ether oxygens (including phenoxy) is 2. The van der Waals surface area contributed by atoms with Crippen LogP contribution in [0.15, 0.2) is 48.5 Å². The SMILES string of the molecule is C[C@@H](NC(=O)[C@H]1COc2ccccc2O1)c1ccccc1Cl. The van der Waals surface area contributed by atoms with Crippen LogP contribution in [0.1, 0.15) is 18.5 Å². The fourth-order valence-electron chi connectivity index (χ4n) is 2.36. The van der Waals surface area contributed by atoms with Crippen LogP contribution in [0, 0.1) is 0 Å². The van der Waals surface area contributed by atoms with Gasteiger partial charge in [0.15, 0.2) is 11.5 Å². The minimum absolute atomic E-state index is 0.193. The lowest BCUT2D eigenvalue weighted by molar-refractivity contribution is -0.131. The van der Waals surface area contributed by atoms with E-state index in [0.29, 0.717) is 16.5 Å². The van der Waals surface area contributed by atoms with Crippen molar-refractivity contribution < 1.29 is 14.3 Å². The molecule has 0 aromatic heterocycles. The number of fused-ring (bicyclic) bond motifs is 1. The molecule has 0 radical (unpaired) electrons. The molecule has 1 aliphatic rings. The van der Waals surface area contributed by atoms with Crippen LogP contribution in [0.25, 0.3) is 0 Å². The molecule has 22 heavy (non-hydrogen) atoms. The van der Waals surface area contributed by atoms with E-state index in [4.69, 9.17) is 21.1 Å². The van der Waals surface area contributed by atoms with Crippen molar-refractivity contribution in [2.45, 2.75) is 19.1 Å². The van der Waals surface area contributed by atoms with E-state index in [2.05, 4.69) is 5.32 Å². The summed E-state index contributed by atoms with van der Waals surface area (Å²) in [4.78, 5) is 12.3. The molecule has 0 fully saturated rings. The van der Waals surface area contributed by atoms with Gasteiger partial charge >= 0.3 is 0 Å². The van der Waals surface area contributed by atoms with Gasteiger partial charge in [-0.15, -0.1) is 0 Å². The Labute approximate surface area is 134 Å². The second-order valence-electron chi connectivity index (χ2n) is 5.12. The van der Waals surface area contributed by atoms with Crippen LogP contribution in [0.5, 0.6) is 11.5 Å². The third-order valence-electron chi connectivity index (χ3n) is 3.53. The Bertz CT molecular complexity index is 689. The third kappa shape index (κ3) is 3.02. The Morgan fingerprint density at radius 2 is 1.86 bits per heavy atom. The van der Waals surface area contributed by atoms with Gasteiger partial charge in [-0.3, -0.25) is 4.79 Å². The van der Waals surface area contributed by atoms with Crippen molar-refractivity contribution in [3.05, 3.63) is 59.1 Å². The summed E-state index contributed by atoms with van der Waals surface area (Å²) in [6.45, 7) is 2.08. The molecule has 5 heteroatoms. The van der Waals surface area contributed by atoms with Crippen LogP contribution in [0.2, 0.25) is 5.02 Å². The minimum atomic E-state index is -0.667. The topological polar surface area (TPSA) is 47.6 Å². The molecule has 2 aromatic carbocycles. The van der Waals surface area contributed by atoms with Gasteiger partial charge in [-0.2, -0.15) is 0 Å². The molecule has 0 unspecified atom stereocenters. The number of nitrogens with one attached hydrogen (secondary N) is 1. The molecule has 0 saturated heterocycles. The van der Waals surface area contributed by atoms with Crippen molar-refractivity contribution in [1.29, 1.82) is 0 Å².